The molecule has 2 fully saturated rings. The Labute approximate surface area is 183 Å². The smallest absolute Gasteiger partial charge is 0.280 e. The van der Waals surface area contributed by atoms with E-state index in [4.69, 9.17) is 10.5 Å². The number of carbonyl (C=O) groups is 1. The second kappa shape index (κ2) is 7.65. The minimum absolute atomic E-state index is 0.0185. The van der Waals surface area contributed by atoms with E-state index in [0.717, 1.165) is 0 Å². The van der Waals surface area contributed by atoms with Crippen molar-refractivity contribution in [1.29, 1.82) is 0 Å². The van der Waals surface area contributed by atoms with Gasteiger partial charge < -0.3 is 36.2 Å². The highest BCUT2D eigenvalue weighted by Crippen LogP contribution is 2.31. The highest BCUT2D eigenvalue weighted by atomic mass is 16.6. The molecule has 1 aromatic carbocycles. The molecule has 2 aliphatic rings. The summed E-state index contributed by atoms with van der Waals surface area (Å²) in [6, 6.07) is 0. The molecule has 0 spiro atoms. The van der Waals surface area contributed by atoms with Gasteiger partial charge in [0.1, 0.15) is 29.7 Å². The number of anilines is 3. The number of nitrogens with zero attached hydrogens (tertiary/aromatic N) is 4. The van der Waals surface area contributed by atoms with Gasteiger partial charge in [0.2, 0.25) is 11.9 Å². The molecule has 2 aromatic heterocycles. The second-order valence-corrected chi connectivity index (χ2v) is 7.86. The largest absolute Gasteiger partial charge is 0.387 e. The van der Waals surface area contributed by atoms with E-state index in [1.807, 2.05) is 0 Å². The molecule has 33 heavy (non-hydrogen) atoms. The number of imidazole rings is 1. The quantitative estimate of drug-likeness (QED) is 0.201. The van der Waals surface area contributed by atoms with Crippen molar-refractivity contribution >= 4 is 34.4 Å². The minimum atomic E-state index is -1.41. The Kier molecular flexibility index (Phi) is 4.88. The standard InChI is InChI=1S/C18H20N8O7/c19-18-23-15-9(16(32)24-18)22-5-26(15)17-14(31)11(28)6(33-17)3-21-8-10(13(30)12(8)29)25-2-1-20-7(27)4-25/h5-6,11,14,17,21,28,31H,1-4H2,(H,20,27)(H3,19,23,24,32)/t6-,11-,14-,17-/m1/s1. The number of nitrogen functional groups attached to an aromatic ring is 1. The van der Waals surface area contributed by atoms with Crippen LogP contribution in [-0.4, -0.2) is 80.1 Å². The van der Waals surface area contributed by atoms with Crippen molar-refractivity contribution in [2.24, 2.45) is 0 Å². The van der Waals surface area contributed by atoms with Crippen molar-refractivity contribution < 1.29 is 19.7 Å². The molecule has 4 heterocycles. The summed E-state index contributed by atoms with van der Waals surface area (Å²) in [5.74, 6) is -0.416. The summed E-state index contributed by atoms with van der Waals surface area (Å²) in [7, 11) is 0. The number of rotatable bonds is 5. The van der Waals surface area contributed by atoms with Crippen LogP contribution in [0.1, 0.15) is 6.23 Å². The van der Waals surface area contributed by atoms with Gasteiger partial charge in [0.15, 0.2) is 17.4 Å². The predicted molar refractivity (Wildman–Crippen MR) is 114 cm³/mol. The lowest BCUT2D eigenvalue weighted by molar-refractivity contribution is -0.120. The molecule has 174 valence electrons. The zero-order valence-electron chi connectivity index (χ0n) is 17.0. The number of carbonyl (C=O) groups excluding carboxylic acids is 1. The van der Waals surface area contributed by atoms with Crippen LogP contribution in [-0.2, 0) is 9.53 Å². The Balaban J connectivity index is 1.34. The molecule has 0 radical (unpaired) electrons. The third-order valence-corrected chi connectivity index (χ3v) is 5.78. The van der Waals surface area contributed by atoms with Crippen LogP contribution >= 0.6 is 0 Å². The summed E-state index contributed by atoms with van der Waals surface area (Å²) in [5.41, 5.74) is 3.77. The molecule has 0 aliphatic carbocycles. The Bertz CT molecular complexity index is 1370. The molecule has 15 nitrogen and oxygen atoms in total. The summed E-state index contributed by atoms with van der Waals surface area (Å²) < 4.78 is 7.05. The molecule has 7 N–H and O–H groups in total. The van der Waals surface area contributed by atoms with E-state index in [1.54, 1.807) is 0 Å². The average Bonchev–Trinajstić information content (AvgIpc) is 3.32. The molecule has 2 aliphatic heterocycles. The highest BCUT2D eigenvalue weighted by molar-refractivity contribution is 5.86. The zero-order valence-corrected chi connectivity index (χ0v) is 17.0. The number of hydrogen-bond donors (Lipinski definition) is 6. The SMILES string of the molecule is Nc1nc2c(ncn2[C@@H]2O[C@H](CNc3c(N4CCNC(=O)C4)c(=O)c3=O)[C@@H](O)[C@H]2O)c(=O)[nH]1. The van der Waals surface area contributed by atoms with E-state index in [1.165, 1.54) is 15.8 Å². The second-order valence-electron chi connectivity index (χ2n) is 7.86. The molecule has 2 saturated heterocycles. The third kappa shape index (κ3) is 3.33. The van der Waals surface area contributed by atoms with Crippen molar-refractivity contribution in [3.8, 4) is 0 Å². The fourth-order valence-corrected chi connectivity index (χ4v) is 4.13. The van der Waals surface area contributed by atoms with Crippen molar-refractivity contribution in [2.75, 3.05) is 42.1 Å². The Hall–Kier alpha value is -3.82. The lowest BCUT2D eigenvalue weighted by Gasteiger charge is -2.31. The summed E-state index contributed by atoms with van der Waals surface area (Å²) in [6.07, 6.45) is -3.66. The van der Waals surface area contributed by atoms with E-state index in [0.29, 0.717) is 13.1 Å². The van der Waals surface area contributed by atoms with E-state index < -0.39 is 41.0 Å². The molecular weight excluding hydrogens is 440 g/mol. The lowest BCUT2D eigenvalue weighted by Crippen LogP contribution is -2.53. The first-order valence-electron chi connectivity index (χ1n) is 10.1. The molecule has 1 amide bonds. The number of aromatic amines is 1. The number of fused-ring (bicyclic) bond motifs is 1. The van der Waals surface area contributed by atoms with E-state index in [9.17, 15) is 29.4 Å². The minimum Gasteiger partial charge on any atom is -0.387 e. The van der Waals surface area contributed by atoms with Gasteiger partial charge in [-0.2, -0.15) is 4.98 Å². The van der Waals surface area contributed by atoms with Crippen molar-refractivity contribution in [3.05, 3.63) is 37.1 Å². The summed E-state index contributed by atoms with van der Waals surface area (Å²) in [6.45, 7) is 0.550. The summed E-state index contributed by atoms with van der Waals surface area (Å²) >= 11 is 0. The number of aromatic nitrogens is 4. The fraction of sp³-hybridized carbons (Fsp3) is 0.444. The maximum Gasteiger partial charge on any atom is 0.280 e. The molecule has 0 unspecified atom stereocenters. The number of amides is 1. The van der Waals surface area contributed by atoms with Crippen LogP contribution in [0.25, 0.3) is 11.2 Å². The first-order valence-corrected chi connectivity index (χ1v) is 10.1. The number of hydrogen-bond acceptors (Lipinski definition) is 12. The zero-order chi connectivity index (χ0) is 23.4. The van der Waals surface area contributed by atoms with Gasteiger partial charge in [-0.05, 0) is 0 Å². The average molecular weight is 460 g/mol. The summed E-state index contributed by atoms with van der Waals surface area (Å²) in [4.78, 5) is 59.6. The predicted octanol–water partition coefficient (Wildman–Crippen LogP) is -4.03. The summed E-state index contributed by atoms with van der Waals surface area (Å²) in [5, 5.41) is 26.5. The van der Waals surface area contributed by atoms with Crippen LogP contribution in [0, 0.1) is 0 Å². The van der Waals surface area contributed by atoms with Gasteiger partial charge in [0, 0.05) is 19.6 Å². The Morgan fingerprint density at radius 3 is 2.76 bits per heavy atom. The number of piperazine rings is 1. The van der Waals surface area contributed by atoms with Gasteiger partial charge in [-0.25, -0.2) is 4.98 Å². The molecule has 15 heteroatoms. The Morgan fingerprint density at radius 1 is 1.21 bits per heavy atom. The highest BCUT2D eigenvalue weighted by Gasteiger charge is 2.44. The van der Waals surface area contributed by atoms with Gasteiger partial charge in [0.25, 0.3) is 16.4 Å². The molecule has 3 aromatic rings. The van der Waals surface area contributed by atoms with Crippen LogP contribution in [0.5, 0.6) is 0 Å². The monoisotopic (exact) mass is 460 g/mol. The van der Waals surface area contributed by atoms with Crippen molar-refractivity contribution in [2.45, 2.75) is 24.5 Å². The number of nitrogens with one attached hydrogen (secondary N) is 3. The van der Waals surface area contributed by atoms with E-state index in [-0.39, 0.29) is 47.5 Å². The van der Waals surface area contributed by atoms with Gasteiger partial charge in [-0.15, -0.1) is 0 Å². The maximum atomic E-state index is 12.1. The first-order chi connectivity index (χ1) is 15.8. The molecule has 5 rings (SSSR count). The maximum absolute atomic E-state index is 12.1. The van der Waals surface area contributed by atoms with E-state index in [2.05, 4.69) is 25.6 Å². The first kappa shape index (κ1) is 21.0. The number of H-pyrrole nitrogens is 1. The van der Waals surface area contributed by atoms with Gasteiger partial charge in [-0.1, -0.05) is 0 Å². The van der Waals surface area contributed by atoms with Crippen LogP contribution < -0.4 is 37.7 Å². The fourth-order valence-electron chi connectivity index (χ4n) is 4.13. The topological polar surface area (TPSA) is 218 Å². The molecule has 0 saturated carbocycles. The van der Waals surface area contributed by atoms with Gasteiger partial charge in [0.05, 0.1) is 12.9 Å². The van der Waals surface area contributed by atoms with Crippen LogP contribution in [0.2, 0.25) is 0 Å². The number of aliphatic hydroxyl groups is 2. The van der Waals surface area contributed by atoms with Crippen LogP contribution in [0.3, 0.4) is 0 Å². The third-order valence-electron chi connectivity index (χ3n) is 5.78. The molecule has 4 atom stereocenters. The van der Waals surface area contributed by atoms with E-state index >= 15 is 0 Å². The Morgan fingerprint density at radius 2 is 2.00 bits per heavy atom. The molecular formula is C18H20N8O7. The number of nitrogens with two attached hydrogens (primary N) is 1. The van der Waals surface area contributed by atoms with Crippen LogP contribution in [0.4, 0.5) is 17.3 Å². The number of aliphatic hydroxyl groups excluding tert-OH is 2. The van der Waals surface area contributed by atoms with Crippen molar-refractivity contribution in [3.63, 3.8) is 0 Å². The van der Waals surface area contributed by atoms with Gasteiger partial charge in [-0.3, -0.25) is 28.7 Å². The van der Waals surface area contributed by atoms with Crippen molar-refractivity contribution in [1.82, 2.24) is 24.8 Å². The normalized spacial score (nSPS) is 25.6. The number of ether oxygens (including phenoxy) is 1. The lowest BCUT2D eigenvalue weighted by atomic mass is 10.1. The molecule has 0 bridgehead atoms. The van der Waals surface area contributed by atoms with Crippen LogP contribution in [0.15, 0.2) is 20.7 Å². The van der Waals surface area contributed by atoms with Gasteiger partial charge >= 0.3 is 0 Å².